The van der Waals surface area contributed by atoms with Crippen LogP contribution in [0.15, 0.2) is 11.8 Å². The first-order valence-corrected chi connectivity index (χ1v) is 6.35. The summed E-state index contributed by atoms with van der Waals surface area (Å²) in [7, 11) is 0. The van der Waals surface area contributed by atoms with E-state index < -0.39 is 11.0 Å². The number of ketones is 2. The molecule has 2 aliphatic rings. The zero-order valence-corrected chi connectivity index (χ0v) is 11.1. The lowest BCUT2D eigenvalue weighted by Gasteiger charge is -2.48. The maximum Gasteiger partial charge on any atom is 0.196 e. The lowest BCUT2D eigenvalue weighted by Crippen LogP contribution is -2.54. The molecule has 4 heteroatoms. The third-order valence-electron chi connectivity index (χ3n) is 5.06. The zero-order valence-electron chi connectivity index (χ0n) is 11.1. The summed E-state index contributed by atoms with van der Waals surface area (Å²) in [6, 6.07) is 0. The highest BCUT2D eigenvalue weighted by Crippen LogP contribution is 2.63. The molecule has 1 fully saturated rings. The molecule has 0 aromatic rings. The van der Waals surface area contributed by atoms with Crippen molar-refractivity contribution in [3.05, 3.63) is 11.8 Å². The van der Waals surface area contributed by atoms with E-state index in [-0.39, 0.29) is 29.2 Å². The van der Waals surface area contributed by atoms with E-state index in [1.165, 1.54) is 13.0 Å². The number of rotatable bonds is 1. The smallest absolute Gasteiger partial charge is 0.196 e. The Balaban J connectivity index is 2.62. The van der Waals surface area contributed by atoms with Gasteiger partial charge in [-0.25, -0.2) is 0 Å². The fraction of sp³-hybridized carbons (Fsp3) is 0.714. The first kappa shape index (κ1) is 13.3. The highest BCUT2D eigenvalue weighted by molar-refractivity contribution is 5.95. The average molecular weight is 252 g/mol. The van der Waals surface area contributed by atoms with Gasteiger partial charge in [0.25, 0.3) is 0 Å². The van der Waals surface area contributed by atoms with Gasteiger partial charge in [0.15, 0.2) is 17.3 Å². The summed E-state index contributed by atoms with van der Waals surface area (Å²) in [5.74, 6) is -0.906. The van der Waals surface area contributed by atoms with Crippen LogP contribution in [0, 0.1) is 10.8 Å². The van der Waals surface area contributed by atoms with Gasteiger partial charge in [0.05, 0.1) is 0 Å². The highest BCUT2D eigenvalue weighted by atomic mass is 16.3. The molecule has 1 spiro atoms. The summed E-state index contributed by atoms with van der Waals surface area (Å²) in [6.07, 6.45) is 3.11. The number of Topliss-reactive ketones (excluding diaryl/α,β-unsaturated/α-hetero) is 2. The monoisotopic (exact) mass is 252 g/mol. The van der Waals surface area contributed by atoms with Gasteiger partial charge in [0, 0.05) is 11.8 Å². The van der Waals surface area contributed by atoms with Gasteiger partial charge < -0.3 is 10.2 Å². The van der Waals surface area contributed by atoms with Crippen molar-refractivity contribution in [2.75, 3.05) is 0 Å². The summed E-state index contributed by atoms with van der Waals surface area (Å²) in [6.45, 7) is 5.34. The van der Waals surface area contributed by atoms with Gasteiger partial charge in [-0.05, 0) is 37.7 Å². The lowest BCUT2D eigenvalue weighted by atomic mass is 9.57. The molecule has 0 aliphatic heterocycles. The second-order valence-electron chi connectivity index (χ2n) is 6.22. The van der Waals surface area contributed by atoms with E-state index in [1.807, 2.05) is 13.8 Å². The predicted octanol–water partition coefficient (Wildman–Crippen LogP) is 1.92. The fourth-order valence-corrected chi connectivity index (χ4v) is 3.67. The number of carbonyl (C=O) groups is 2. The van der Waals surface area contributed by atoms with E-state index in [4.69, 9.17) is 0 Å². The number of hydrogen-bond acceptors (Lipinski definition) is 4. The normalized spacial score (nSPS) is 38.9. The van der Waals surface area contributed by atoms with Crippen LogP contribution in [0.25, 0.3) is 0 Å². The standard InChI is InChI=1S/C14H20O4/c1-9(15)14(18)7-6-12(2,3)13(14)5-4-10(16)11(17)8-13/h8,17-18H,4-7H2,1-3H3. The van der Waals surface area contributed by atoms with E-state index in [2.05, 4.69) is 0 Å². The molecule has 2 unspecified atom stereocenters. The molecule has 18 heavy (non-hydrogen) atoms. The highest BCUT2D eigenvalue weighted by Gasteiger charge is 2.65. The molecule has 2 N–H and O–H groups in total. The fourth-order valence-electron chi connectivity index (χ4n) is 3.67. The first-order chi connectivity index (χ1) is 8.16. The number of allylic oxidation sites excluding steroid dienone is 1. The molecule has 0 aromatic carbocycles. The van der Waals surface area contributed by atoms with Crippen molar-refractivity contribution < 1.29 is 19.8 Å². The molecule has 0 bridgehead atoms. The SMILES string of the molecule is CC(=O)C1(O)CCC(C)(C)C12C=C(O)C(=O)CC2. The Morgan fingerprint density at radius 3 is 2.39 bits per heavy atom. The van der Waals surface area contributed by atoms with Crippen LogP contribution in [0.5, 0.6) is 0 Å². The van der Waals surface area contributed by atoms with Crippen molar-refractivity contribution in [2.45, 2.75) is 52.1 Å². The Hall–Kier alpha value is -1.16. The maximum absolute atomic E-state index is 11.9. The topological polar surface area (TPSA) is 74.6 Å². The third kappa shape index (κ3) is 1.41. The Kier molecular flexibility index (Phi) is 2.71. The van der Waals surface area contributed by atoms with Crippen LogP contribution in [0.2, 0.25) is 0 Å². The number of aliphatic hydroxyl groups is 2. The van der Waals surface area contributed by atoms with Crippen molar-refractivity contribution >= 4 is 11.6 Å². The van der Waals surface area contributed by atoms with Crippen LogP contribution in [-0.4, -0.2) is 27.4 Å². The van der Waals surface area contributed by atoms with Crippen molar-refractivity contribution in [3.63, 3.8) is 0 Å². The Morgan fingerprint density at radius 2 is 1.89 bits per heavy atom. The van der Waals surface area contributed by atoms with Crippen LogP contribution in [0.3, 0.4) is 0 Å². The molecule has 100 valence electrons. The molecule has 2 atom stereocenters. The van der Waals surface area contributed by atoms with Crippen LogP contribution in [0.4, 0.5) is 0 Å². The maximum atomic E-state index is 11.9. The molecule has 2 aliphatic carbocycles. The Labute approximate surface area is 107 Å². The molecule has 0 aromatic heterocycles. The van der Waals surface area contributed by atoms with E-state index in [0.29, 0.717) is 19.3 Å². The molecular formula is C14H20O4. The molecule has 1 saturated carbocycles. The summed E-state index contributed by atoms with van der Waals surface area (Å²) < 4.78 is 0. The summed E-state index contributed by atoms with van der Waals surface area (Å²) in [5, 5.41) is 20.5. The van der Waals surface area contributed by atoms with Crippen molar-refractivity contribution in [1.82, 2.24) is 0 Å². The Morgan fingerprint density at radius 1 is 1.28 bits per heavy atom. The van der Waals surface area contributed by atoms with E-state index in [1.54, 1.807) is 0 Å². The van der Waals surface area contributed by atoms with Gasteiger partial charge in [-0.3, -0.25) is 9.59 Å². The first-order valence-electron chi connectivity index (χ1n) is 6.35. The summed E-state index contributed by atoms with van der Waals surface area (Å²) in [4.78, 5) is 23.3. The largest absolute Gasteiger partial charge is 0.505 e. The van der Waals surface area contributed by atoms with Gasteiger partial charge in [0.1, 0.15) is 5.60 Å². The minimum absolute atomic E-state index is 0.182. The molecule has 0 heterocycles. The van der Waals surface area contributed by atoms with Crippen molar-refractivity contribution in [3.8, 4) is 0 Å². The number of carbonyl (C=O) groups excluding carboxylic acids is 2. The van der Waals surface area contributed by atoms with Gasteiger partial charge in [0.2, 0.25) is 0 Å². The summed E-state index contributed by atoms with van der Waals surface area (Å²) >= 11 is 0. The quantitative estimate of drug-likeness (QED) is 0.747. The van der Waals surface area contributed by atoms with E-state index in [0.717, 1.165) is 0 Å². The lowest BCUT2D eigenvalue weighted by molar-refractivity contribution is -0.151. The van der Waals surface area contributed by atoms with Gasteiger partial charge in [-0.15, -0.1) is 0 Å². The van der Waals surface area contributed by atoms with Gasteiger partial charge in [-0.1, -0.05) is 13.8 Å². The molecular weight excluding hydrogens is 232 g/mol. The minimum atomic E-state index is -1.47. The average Bonchev–Trinajstić information content (AvgIpc) is 2.47. The third-order valence-corrected chi connectivity index (χ3v) is 5.06. The van der Waals surface area contributed by atoms with Crippen molar-refractivity contribution in [1.29, 1.82) is 0 Å². The molecule has 2 rings (SSSR count). The van der Waals surface area contributed by atoms with Gasteiger partial charge >= 0.3 is 0 Å². The van der Waals surface area contributed by atoms with Crippen LogP contribution < -0.4 is 0 Å². The zero-order chi connectivity index (χ0) is 13.8. The number of aliphatic hydroxyl groups excluding tert-OH is 1. The molecule has 0 amide bonds. The Bertz CT molecular complexity index is 449. The number of hydrogen-bond donors (Lipinski definition) is 2. The second-order valence-corrected chi connectivity index (χ2v) is 6.22. The van der Waals surface area contributed by atoms with Crippen LogP contribution in [-0.2, 0) is 9.59 Å². The molecule has 0 saturated heterocycles. The minimum Gasteiger partial charge on any atom is -0.505 e. The van der Waals surface area contributed by atoms with Gasteiger partial charge in [-0.2, -0.15) is 0 Å². The van der Waals surface area contributed by atoms with E-state index in [9.17, 15) is 19.8 Å². The van der Waals surface area contributed by atoms with Crippen LogP contribution in [0.1, 0.15) is 46.5 Å². The molecule has 4 nitrogen and oxygen atoms in total. The summed E-state index contributed by atoms with van der Waals surface area (Å²) in [5.41, 5.74) is -2.61. The van der Waals surface area contributed by atoms with Crippen LogP contribution >= 0.6 is 0 Å². The van der Waals surface area contributed by atoms with Crippen molar-refractivity contribution in [2.24, 2.45) is 10.8 Å². The predicted molar refractivity (Wildman–Crippen MR) is 66.0 cm³/mol. The van der Waals surface area contributed by atoms with E-state index >= 15 is 0 Å². The molecule has 0 radical (unpaired) electrons. The second kappa shape index (κ2) is 3.67.